The molecule has 3 aliphatic rings. The molecule has 0 radical (unpaired) electrons. The van der Waals surface area contributed by atoms with Gasteiger partial charge in [-0.15, -0.1) is 11.3 Å². The zero-order valence-electron chi connectivity index (χ0n) is 20.3. The SMILES string of the molecule is CC1c2ccsc2CCN1C(=O)c1cc(C2CC2)c2nc(-c3ccc(N4CCCC4)nc3F)cn2c1. The summed E-state index contributed by atoms with van der Waals surface area (Å²) in [6.45, 7) is 4.68. The predicted molar refractivity (Wildman–Crippen MR) is 139 cm³/mol. The van der Waals surface area contributed by atoms with Crippen LogP contribution in [0.3, 0.4) is 0 Å². The topological polar surface area (TPSA) is 53.7 Å². The number of hydrogen-bond acceptors (Lipinski definition) is 5. The Kier molecular flexibility index (Phi) is 5.13. The molecule has 6 nitrogen and oxygen atoms in total. The maximum absolute atomic E-state index is 15.1. The number of carbonyl (C=O) groups excluding carboxylic acids is 1. The van der Waals surface area contributed by atoms with Crippen LogP contribution in [-0.2, 0) is 6.42 Å². The van der Waals surface area contributed by atoms with Gasteiger partial charge in [0, 0.05) is 36.9 Å². The van der Waals surface area contributed by atoms with Crippen molar-refractivity contribution in [2.75, 3.05) is 24.5 Å². The molecule has 184 valence electrons. The summed E-state index contributed by atoms with van der Waals surface area (Å²) in [7, 11) is 0. The normalized spacial score (nSPS) is 19.8. The first kappa shape index (κ1) is 22.0. The van der Waals surface area contributed by atoms with Crippen LogP contribution < -0.4 is 4.90 Å². The largest absolute Gasteiger partial charge is 0.357 e. The van der Waals surface area contributed by atoms with Crippen LogP contribution in [0.1, 0.15) is 70.9 Å². The number of halogens is 1. The number of thiophene rings is 1. The van der Waals surface area contributed by atoms with Gasteiger partial charge in [0.1, 0.15) is 11.5 Å². The molecule has 0 spiro atoms. The second kappa shape index (κ2) is 8.40. The number of amides is 1. The minimum Gasteiger partial charge on any atom is -0.357 e. The fraction of sp³-hybridized carbons (Fsp3) is 0.393. The average molecular weight is 502 g/mol. The van der Waals surface area contributed by atoms with Crippen LogP contribution >= 0.6 is 11.3 Å². The van der Waals surface area contributed by atoms with Crippen molar-refractivity contribution in [2.24, 2.45) is 0 Å². The van der Waals surface area contributed by atoms with E-state index in [1.165, 1.54) is 10.4 Å². The van der Waals surface area contributed by atoms with E-state index in [2.05, 4.69) is 28.3 Å². The van der Waals surface area contributed by atoms with Gasteiger partial charge in [-0.2, -0.15) is 4.39 Å². The van der Waals surface area contributed by atoms with Crippen LogP contribution in [-0.4, -0.2) is 44.8 Å². The van der Waals surface area contributed by atoms with Gasteiger partial charge < -0.3 is 14.2 Å². The van der Waals surface area contributed by atoms with Crippen molar-refractivity contribution in [3.63, 3.8) is 0 Å². The molecule has 1 aliphatic carbocycles. The Morgan fingerprint density at radius 3 is 2.67 bits per heavy atom. The van der Waals surface area contributed by atoms with Crippen molar-refractivity contribution < 1.29 is 9.18 Å². The summed E-state index contributed by atoms with van der Waals surface area (Å²) >= 11 is 1.78. The molecule has 2 aliphatic heterocycles. The third-order valence-corrected chi connectivity index (χ3v) is 8.92. The van der Waals surface area contributed by atoms with Gasteiger partial charge in [-0.25, -0.2) is 9.97 Å². The third-order valence-electron chi connectivity index (χ3n) is 7.92. The molecule has 0 aromatic carbocycles. The molecule has 1 saturated carbocycles. The summed E-state index contributed by atoms with van der Waals surface area (Å²) in [5.41, 5.74) is 4.75. The maximum Gasteiger partial charge on any atom is 0.255 e. The molecule has 0 bridgehead atoms. The number of aromatic nitrogens is 3. The lowest BCUT2D eigenvalue weighted by atomic mass is 10.00. The molecule has 1 unspecified atom stereocenters. The minimum absolute atomic E-state index is 0.0428. The van der Waals surface area contributed by atoms with E-state index in [9.17, 15) is 4.79 Å². The highest BCUT2D eigenvalue weighted by atomic mass is 32.1. The first-order valence-corrected chi connectivity index (χ1v) is 13.8. The van der Waals surface area contributed by atoms with E-state index >= 15 is 4.39 Å². The van der Waals surface area contributed by atoms with Crippen LogP contribution in [0, 0.1) is 5.95 Å². The first-order chi connectivity index (χ1) is 17.6. The lowest BCUT2D eigenvalue weighted by molar-refractivity contribution is 0.0678. The highest BCUT2D eigenvalue weighted by Gasteiger charge is 2.32. The second-order valence-electron chi connectivity index (χ2n) is 10.2. The van der Waals surface area contributed by atoms with E-state index in [0.717, 1.165) is 62.9 Å². The molecule has 8 heteroatoms. The number of hydrogen-bond donors (Lipinski definition) is 0. The van der Waals surface area contributed by atoms with Crippen molar-refractivity contribution in [3.8, 4) is 11.3 Å². The summed E-state index contributed by atoms with van der Waals surface area (Å²) in [5, 5.41) is 2.12. The Balaban J connectivity index is 1.25. The molecular weight excluding hydrogens is 473 g/mol. The van der Waals surface area contributed by atoms with Gasteiger partial charge in [0.05, 0.1) is 22.9 Å². The lowest BCUT2D eigenvalue weighted by Crippen LogP contribution is -2.38. The van der Waals surface area contributed by atoms with Crippen molar-refractivity contribution in [1.82, 2.24) is 19.3 Å². The molecule has 2 fully saturated rings. The van der Waals surface area contributed by atoms with Gasteiger partial charge in [0.25, 0.3) is 5.91 Å². The summed E-state index contributed by atoms with van der Waals surface area (Å²) in [5.74, 6) is 0.633. The number of fused-ring (bicyclic) bond motifs is 2. The van der Waals surface area contributed by atoms with Crippen LogP contribution in [0.4, 0.5) is 10.2 Å². The number of anilines is 1. The summed E-state index contributed by atoms with van der Waals surface area (Å²) < 4.78 is 17.0. The molecule has 4 aromatic heterocycles. The van der Waals surface area contributed by atoms with Gasteiger partial charge in [-0.05, 0) is 85.7 Å². The predicted octanol–water partition coefficient (Wildman–Crippen LogP) is 5.83. The molecule has 4 aromatic rings. The molecule has 1 saturated heterocycles. The van der Waals surface area contributed by atoms with Gasteiger partial charge >= 0.3 is 0 Å². The quantitative estimate of drug-likeness (QED) is 0.330. The van der Waals surface area contributed by atoms with E-state index in [1.54, 1.807) is 17.4 Å². The number of carbonyl (C=O) groups is 1. The van der Waals surface area contributed by atoms with Crippen LogP contribution in [0.25, 0.3) is 16.9 Å². The number of imidazole rings is 1. The molecule has 1 amide bonds. The third kappa shape index (κ3) is 3.61. The standard InChI is InChI=1S/C28H28FN5OS/c1-17-20-9-13-36-24(20)8-12-34(17)28(35)19-14-22(18-4-5-18)27-30-23(16-33(27)15-19)21-6-7-25(31-26(21)29)32-10-2-3-11-32/h6-7,9,13-18H,2-5,8,10-12H2,1H3. The van der Waals surface area contributed by atoms with Crippen molar-refractivity contribution in [1.29, 1.82) is 0 Å². The Hall–Kier alpha value is -3.26. The lowest BCUT2D eigenvalue weighted by Gasteiger charge is -2.33. The molecular formula is C28H28FN5OS. The van der Waals surface area contributed by atoms with Crippen LogP contribution in [0.15, 0.2) is 42.0 Å². The zero-order valence-corrected chi connectivity index (χ0v) is 21.1. The summed E-state index contributed by atoms with van der Waals surface area (Å²) in [6.07, 6.45) is 9.02. The molecule has 1 atom stereocenters. The fourth-order valence-electron chi connectivity index (χ4n) is 5.76. The molecule has 6 heterocycles. The monoisotopic (exact) mass is 501 g/mol. The Bertz CT molecular complexity index is 1480. The maximum atomic E-state index is 15.1. The van der Waals surface area contributed by atoms with E-state index in [0.29, 0.717) is 28.6 Å². The number of pyridine rings is 2. The molecule has 36 heavy (non-hydrogen) atoms. The highest BCUT2D eigenvalue weighted by molar-refractivity contribution is 7.10. The molecule has 0 N–H and O–H groups in total. The van der Waals surface area contributed by atoms with Crippen LogP contribution in [0.2, 0.25) is 0 Å². The van der Waals surface area contributed by atoms with Crippen molar-refractivity contribution >= 4 is 28.7 Å². The first-order valence-electron chi connectivity index (χ1n) is 12.9. The summed E-state index contributed by atoms with van der Waals surface area (Å²) in [4.78, 5) is 28.3. The fourth-order valence-corrected chi connectivity index (χ4v) is 6.72. The van der Waals surface area contributed by atoms with Gasteiger partial charge in [-0.1, -0.05) is 0 Å². The van der Waals surface area contributed by atoms with Gasteiger partial charge in [-0.3, -0.25) is 4.79 Å². The zero-order chi connectivity index (χ0) is 24.4. The Labute approximate surface area is 213 Å². The Morgan fingerprint density at radius 1 is 1.06 bits per heavy atom. The van der Waals surface area contributed by atoms with Gasteiger partial charge in [0.2, 0.25) is 5.95 Å². The second-order valence-corrected chi connectivity index (χ2v) is 11.2. The smallest absolute Gasteiger partial charge is 0.255 e. The minimum atomic E-state index is -0.499. The van der Waals surface area contributed by atoms with Crippen molar-refractivity contribution in [3.05, 3.63) is 69.6 Å². The number of nitrogens with zero attached hydrogens (tertiary/aromatic N) is 5. The molecule has 7 rings (SSSR count). The highest BCUT2D eigenvalue weighted by Crippen LogP contribution is 2.43. The van der Waals surface area contributed by atoms with E-state index in [-0.39, 0.29) is 11.9 Å². The van der Waals surface area contributed by atoms with Crippen LogP contribution in [0.5, 0.6) is 0 Å². The van der Waals surface area contributed by atoms with Gasteiger partial charge in [0.15, 0.2) is 0 Å². The van der Waals surface area contributed by atoms with E-state index < -0.39 is 5.95 Å². The van der Waals surface area contributed by atoms with E-state index in [4.69, 9.17) is 4.98 Å². The Morgan fingerprint density at radius 2 is 1.89 bits per heavy atom. The summed E-state index contributed by atoms with van der Waals surface area (Å²) in [6, 6.07) is 7.89. The average Bonchev–Trinajstić information content (AvgIpc) is 3.27. The van der Waals surface area contributed by atoms with Crippen molar-refractivity contribution in [2.45, 2.75) is 51.0 Å². The van der Waals surface area contributed by atoms with E-state index in [1.807, 2.05) is 33.8 Å². The number of rotatable bonds is 4.